The summed E-state index contributed by atoms with van der Waals surface area (Å²) in [6.45, 7) is 5.74. The number of carbonyl (C=O) groups is 2. The molecule has 4 aromatic heterocycles. The average molecular weight is 696 g/mol. The highest BCUT2D eigenvalue weighted by Gasteiger charge is 2.42. The van der Waals surface area contributed by atoms with Crippen molar-refractivity contribution in [1.82, 2.24) is 33.9 Å². The second-order valence-corrected chi connectivity index (χ2v) is 14.5. The Kier molecular flexibility index (Phi) is 9.38. The normalized spacial score (nSPS) is 19.2. The molecule has 2 atom stereocenters. The van der Waals surface area contributed by atoms with Crippen LogP contribution in [-0.4, -0.2) is 94.3 Å². The molecule has 260 valence electrons. The van der Waals surface area contributed by atoms with Crippen LogP contribution in [0.2, 0.25) is 0 Å². The van der Waals surface area contributed by atoms with E-state index in [9.17, 15) is 24.6 Å². The van der Waals surface area contributed by atoms with Gasteiger partial charge in [0.15, 0.2) is 0 Å². The zero-order chi connectivity index (χ0) is 35.0. The molecule has 5 aromatic rings. The first-order chi connectivity index (χ1) is 24.1. The van der Waals surface area contributed by atoms with Crippen molar-refractivity contribution in [1.29, 1.82) is 0 Å². The third-order valence-electron chi connectivity index (χ3n) is 10.2. The summed E-state index contributed by atoms with van der Waals surface area (Å²) in [5, 5.41) is 22.0. The Hall–Kier alpha value is -4.72. The molecule has 6 heterocycles. The highest BCUT2D eigenvalue weighted by atomic mass is 32.1. The molecular weight excluding hydrogens is 655 g/mol. The quantitative estimate of drug-likeness (QED) is 0.250. The lowest BCUT2D eigenvalue weighted by atomic mass is 9.79. The molecule has 1 aromatic carbocycles. The molecule has 7 rings (SSSR count). The van der Waals surface area contributed by atoms with Crippen LogP contribution in [0.25, 0.3) is 21.6 Å². The number of piperidine rings is 2. The number of nitrogens with zero attached hydrogens (tertiary/aromatic N) is 7. The predicted molar refractivity (Wildman–Crippen MR) is 190 cm³/mol. The zero-order valence-electron chi connectivity index (χ0n) is 28.2. The summed E-state index contributed by atoms with van der Waals surface area (Å²) >= 11 is 1.37. The third-order valence-corrected chi connectivity index (χ3v) is 11.3. The standard InChI is InChI=1S/C37H41N7O5S/c1-24-8-9-27(20-38-24)33-40-25(2)31(50-33)36(48)43-15-10-28(30(21-43)26-6-4-3-5-7-26)34(46)42-16-12-37(49,13-17-42)22-44-23-39-32-29(35(44)47)11-14-41(32)18-19-45/h3-9,11,14,20,23,28,30,45,49H,10,12-13,15-19,21-22H2,1-2H3/t28-,30+/m1/s1. The molecule has 0 aliphatic carbocycles. The molecule has 0 saturated carbocycles. The Labute approximate surface area is 293 Å². The minimum absolute atomic E-state index is 0.0293. The van der Waals surface area contributed by atoms with Crippen LogP contribution in [0.3, 0.4) is 0 Å². The number of hydrogen-bond acceptors (Lipinski definition) is 9. The summed E-state index contributed by atoms with van der Waals surface area (Å²) in [4.78, 5) is 59.1. The maximum Gasteiger partial charge on any atom is 0.265 e. The van der Waals surface area contributed by atoms with Gasteiger partial charge in [-0.15, -0.1) is 11.3 Å². The number of likely N-dealkylation sites (tertiary alicyclic amines) is 2. The number of thiazole rings is 1. The molecule has 2 saturated heterocycles. The highest BCUT2D eigenvalue weighted by Crippen LogP contribution is 2.37. The molecule has 2 aliphatic rings. The summed E-state index contributed by atoms with van der Waals surface area (Å²) in [5.41, 5.74) is 2.57. The molecule has 2 amide bonds. The second kappa shape index (κ2) is 13.9. The van der Waals surface area contributed by atoms with E-state index < -0.39 is 5.60 Å². The second-order valence-electron chi connectivity index (χ2n) is 13.5. The molecule has 0 unspecified atom stereocenters. The SMILES string of the molecule is Cc1ccc(-c2nc(C)c(C(=O)N3CC[C@@H](C(=O)N4CCC(O)(Cn5cnc6c(ccn6CCO)c5=O)CC4)[C@H](c4ccccc4)C3)s2)cn1. The lowest BCUT2D eigenvalue weighted by Crippen LogP contribution is -2.53. The summed E-state index contributed by atoms with van der Waals surface area (Å²) in [5.74, 6) is -0.553. The fraction of sp³-hybridized carbons (Fsp3) is 0.405. The number of aliphatic hydroxyl groups is 2. The van der Waals surface area contributed by atoms with Gasteiger partial charge in [0.25, 0.3) is 11.5 Å². The van der Waals surface area contributed by atoms with Gasteiger partial charge in [-0.25, -0.2) is 9.97 Å². The zero-order valence-corrected chi connectivity index (χ0v) is 29.1. The van der Waals surface area contributed by atoms with Crippen LogP contribution < -0.4 is 5.56 Å². The summed E-state index contributed by atoms with van der Waals surface area (Å²) < 4.78 is 3.16. The van der Waals surface area contributed by atoms with Crippen LogP contribution in [0, 0.1) is 19.8 Å². The number of fused-ring (bicyclic) bond motifs is 1. The molecule has 2 fully saturated rings. The number of amides is 2. The van der Waals surface area contributed by atoms with E-state index in [0.717, 1.165) is 21.8 Å². The first kappa shape index (κ1) is 33.8. The van der Waals surface area contributed by atoms with Crippen LogP contribution in [0.5, 0.6) is 0 Å². The molecule has 13 heteroatoms. The van der Waals surface area contributed by atoms with Crippen molar-refractivity contribution >= 4 is 34.2 Å². The maximum atomic E-state index is 14.2. The van der Waals surface area contributed by atoms with Crippen molar-refractivity contribution in [3.8, 4) is 10.6 Å². The van der Waals surface area contributed by atoms with Gasteiger partial charge in [-0.2, -0.15) is 0 Å². The molecule has 50 heavy (non-hydrogen) atoms. The van der Waals surface area contributed by atoms with Gasteiger partial charge in [0, 0.05) is 68.2 Å². The minimum atomic E-state index is -1.17. The van der Waals surface area contributed by atoms with Gasteiger partial charge in [0.1, 0.15) is 21.9 Å². The van der Waals surface area contributed by atoms with E-state index in [1.807, 2.05) is 66.1 Å². The van der Waals surface area contributed by atoms with E-state index >= 15 is 0 Å². The number of aromatic nitrogens is 5. The summed E-state index contributed by atoms with van der Waals surface area (Å²) in [6, 6.07) is 15.5. The Bertz CT molecular complexity index is 2070. The number of rotatable bonds is 8. The van der Waals surface area contributed by atoms with Crippen molar-refractivity contribution in [2.75, 3.05) is 32.8 Å². The number of aryl methyl sites for hydroxylation is 2. The molecule has 0 bridgehead atoms. The molecule has 2 N–H and O–H groups in total. The maximum absolute atomic E-state index is 14.2. The molecule has 12 nitrogen and oxygen atoms in total. The lowest BCUT2D eigenvalue weighted by molar-refractivity contribution is -0.142. The van der Waals surface area contributed by atoms with Crippen LogP contribution in [-0.2, 0) is 17.9 Å². The summed E-state index contributed by atoms with van der Waals surface area (Å²) in [7, 11) is 0. The number of carbonyl (C=O) groups excluding carboxylic acids is 2. The topological polar surface area (TPSA) is 147 Å². The Morgan fingerprint density at radius 2 is 1.76 bits per heavy atom. The van der Waals surface area contributed by atoms with Gasteiger partial charge in [-0.1, -0.05) is 30.3 Å². The number of benzene rings is 1. The largest absolute Gasteiger partial charge is 0.395 e. The fourth-order valence-electron chi connectivity index (χ4n) is 7.29. The van der Waals surface area contributed by atoms with Crippen LogP contribution in [0.15, 0.2) is 72.0 Å². The molecular formula is C37H41N7O5S. The Morgan fingerprint density at radius 1 is 0.980 bits per heavy atom. The van der Waals surface area contributed by atoms with Gasteiger partial charge >= 0.3 is 0 Å². The van der Waals surface area contributed by atoms with Crippen LogP contribution in [0.4, 0.5) is 0 Å². The minimum Gasteiger partial charge on any atom is -0.395 e. The van der Waals surface area contributed by atoms with Gasteiger partial charge in [-0.3, -0.25) is 23.9 Å². The van der Waals surface area contributed by atoms with E-state index in [-0.39, 0.29) is 42.4 Å². The molecule has 0 radical (unpaired) electrons. The molecule has 2 aliphatic heterocycles. The Balaban J connectivity index is 1.04. The third kappa shape index (κ3) is 6.60. The van der Waals surface area contributed by atoms with Crippen molar-refractivity contribution < 1.29 is 19.8 Å². The monoisotopic (exact) mass is 695 g/mol. The van der Waals surface area contributed by atoms with Gasteiger partial charge in [0.05, 0.1) is 29.8 Å². The van der Waals surface area contributed by atoms with E-state index in [0.29, 0.717) is 73.6 Å². The van der Waals surface area contributed by atoms with Crippen molar-refractivity contribution in [3.05, 3.63) is 99.4 Å². The van der Waals surface area contributed by atoms with Crippen LogP contribution >= 0.6 is 11.3 Å². The van der Waals surface area contributed by atoms with Crippen molar-refractivity contribution in [2.45, 2.75) is 57.7 Å². The van der Waals surface area contributed by atoms with E-state index in [2.05, 4.69) is 9.97 Å². The number of hydrogen-bond donors (Lipinski definition) is 2. The predicted octanol–water partition coefficient (Wildman–Crippen LogP) is 3.63. The lowest BCUT2D eigenvalue weighted by Gasteiger charge is -2.43. The van der Waals surface area contributed by atoms with E-state index in [1.54, 1.807) is 23.0 Å². The average Bonchev–Trinajstić information content (AvgIpc) is 3.73. The number of aliphatic hydroxyl groups excluding tert-OH is 1. The summed E-state index contributed by atoms with van der Waals surface area (Å²) in [6.07, 6.45) is 6.12. The van der Waals surface area contributed by atoms with Crippen molar-refractivity contribution in [3.63, 3.8) is 0 Å². The van der Waals surface area contributed by atoms with Crippen molar-refractivity contribution in [2.24, 2.45) is 5.92 Å². The van der Waals surface area contributed by atoms with E-state index in [1.165, 1.54) is 22.2 Å². The van der Waals surface area contributed by atoms with E-state index in [4.69, 9.17) is 4.98 Å². The van der Waals surface area contributed by atoms with Gasteiger partial charge < -0.3 is 24.6 Å². The fourth-order valence-corrected chi connectivity index (χ4v) is 8.31. The van der Waals surface area contributed by atoms with Gasteiger partial charge in [0.2, 0.25) is 5.91 Å². The number of pyridine rings is 1. The Morgan fingerprint density at radius 3 is 2.48 bits per heavy atom. The van der Waals surface area contributed by atoms with Crippen LogP contribution in [0.1, 0.15) is 51.8 Å². The molecule has 0 spiro atoms. The van der Waals surface area contributed by atoms with Gasteiger partial charge in [-0.05, 0) is 56.9 Å². The first-order valence-electron chi connectivity index (χ1n) is 17.0. The highest BCUT2D eigenvalue weighted by molar-refractivity contribution is 7.17. The first-order valence-corrected chi connectivity index (χ1v) is 17.9. The smallest absolute Gasteiger partial charge is 0.265 e.